The predicted octanol–water partition coefficient (Wildman–Crippen LogP) is 3.57. The second-order valence-electron chi connectivity index (χ2n) is 5.53. The van der Waals surface area contributed by atoms with E-state index in [2.05, 4.69) is 56.4 Å². The molecule has 1 saturated carbocycles. The van der Waals surface area contributed by atoms with Gasteiger partial charge < -0.3 is 0 Å². The van der Waals surface area contributed by atoms with Gasteiger partial charge in [0.25, 0.3) is 0 Å². The maximum atomic E-state index is 2.44. The quantitative estimate of drug-likeness (QED) is 0.733. The van der Waals surface area contributed by atoms with Gasteiger partial charge >= 0.3 is 116 Å². The molecule has 2 unspecified atom stereocenters. The van der Waals surface area contributed by atoms with Gasteiger partial charge in [-0.2, -0.15) is 0 Å². The van der Waals surface area contributed by atoms with Crippen LogP contribution in [0.15, 0.2) is 42.5 Å². The average Bonchev–Trinajstić information content (AvgIpc) is 2.56. The summed E-state index contributed by atoms with van der Waals surface area (Å²) in [6.45, 7) is 4.46. The molecule has 0 radical (unpaired) electrons. The molecular formula is C17H20Se. The Labute approximate surface area is 116 Å². The van der Waals surface area contributed by atoms with Gasteiger partial charge in [0.15, 0.2) is 0 Å². The summed E-state index contributed by atoms with van der Waals surface area (Å²) in [7, 11) is 0. The van der Waals surface area contributed by atoms with Gasteiger partial charge in [0.05, 0.1) is 0 Å². The molecule has 0 nitrogen and oxygen atoms in total. The molecule has 2 aliphatic carbocycles. The Morgan fingerprint density at radius 1 is 1.00 bits per heavy atom. The molecule has 0 heterocycles. The van der Waals surface area contributed by atoms with Crippen LogP contribution in [0.5, 0.6) is 0 Å². The summed E-state index contributed by atoms with van der Waals surface area (Å²) in [6, 6.07) is 6.97. The molecule has 18 heavy (non-hydrogen) atoms. The molecule has 1 aromatic carbocycles. The second-order valence-corrected chi connectivity index (χ2v) is 8.09. The zero-order chi connectivity index (χ0) is 12.5. The van der Waals surface area contributed by atoms with Gasteiger partial charge in [0, 0.05) is 0 Å². The van der Waals surface area contributed by atoms with Crippen LogP contribution in [0.25, 0.3) is 0 Å². The molecule has 2 bridgehead atoms. The molecule has 1 aromatic rings. The van der Waals surface area contributed by atoms with E-state index in [0.29, 0.717) is 15.0 Å². The van der Waals surface area contributed by atoms with Gasteiger partial charge in [-0.15, -0.1) is 0 Å². The summed E-state index contributed by atoms with van der Waals surface area (Å²) in [5.41, 5.74) is 2.88. The van der Waals surface area contributed by atoms with E-state index in [1.54, 1.807) is 4.46 Å². The Morgan fingerprint density at radius 3 is 2.28 bits per heavy atom. The first kappa shape index (κ1) is 12.3. The minimum atomic E-state index is 0.614. The van der Waals surface area contributed by atoms with Crippen LogP contribution in [-0.2, 0) is 0 Å². The molecule has 2 aliphatic rings. The zero-order valence-corrected chi connectivity index (χ0v) is 12.8. The Bertz CT molecular complexity index is 478. The van der Waals surface area contributed by atoms with E-state index in [4.69, 9.17) is 0 Å². The monoisotopic (exact) mass is 304 g/mol. The molecule has 0 saturated heterocycles. The van der Waals surface area contributed by atoms with Crippen molar-refractivity contribution in [1.82, 2.24) is 0 Å². The third-order valence-electron chi connectivity index (χ3n) is 4.10. The first-order valence-electron chi connectivity index (χ1n) is 6.83. The van der Waals surface area contributed by atoms with Crippen LogP contribution in [0.1, 0.15) is 24.0 Å². The van der Waals surface area contributed by atoms with Crippen molar-refractivity contribution in [2.24, 2.45) is 11.8 Å². The fourth-order valence-corrected chi connectivity index (χ4v) is 6.23. The standard InChI is InChI=1S/C17H20Se/c1-12-7-10-16(13(2)11-12)18-17-14-5-3-4-6-15(17)9-8-14/h3-7,10-11,14-15,17H,8-9H2,1-2H3. The van der Waals surface area contributed by atoms with Gasteiger partial charge in [0.1, 0.15) is 0 Å². The Hall–Kier alpha value is -0.781. The number of allylic oxidation sites excluding steroid dienone is 4. The minimum absolute atomic E-state index is 0.614. The summed E-state index contributed by atoms with van der Waals surface area (Å²) in [5, 5.41) is 0. The van der Waals surface area contributed by atoms with Gasteiger partial charge in [-0.05, 0) is 0 Å². The third-order valence-corrected chi connectivity index (χ3v) is 7.63. The molecule has 0 N–H and O–H groups in total. The van der Waals surface area contributed by atoms with E-state index in [-0.39, 0.29) is 0 Å². The molecule has 0 aliphatic heterocycles. The SMILES string of the molecule is Cc1ccc([Se]C2C3C=CC=CC2CC3)c(C)c1. The average molecular weight is 303 g/mol. The fourth-order valence-electron chi connectivity index (χ4n) is 3.11. The Balaban J connectivity index is 1.84. The molecule has 0 aromatic heterocycles. The van der Waals surface area contributed by atoms with Gasteiger partial charge in [-0.1, -0.05) is 0 Å². The summed E-state index contributed by atoms with van der Waals surface area (Å²) in [4.78, 5) is 0.883. The zero-order valence-electron chi connectivity index (χ0n) is 11.1. The van der Waals surface area contributed by atoms with E-state index in [1.807, 2.05) is 0 Å². The number of benzene rings is 1. The van der Waals surface area contributed by atoms with Crippen LogP contribution >= 0.6 is 0 Å². The van der Waals surface area contributed by atoms with Crippen LogP contribution in [0.4, 0.5) is 0 Å². The summed E-state index contributed by atoms with van der Waals surface area (Å²) in [6.07, 6.45) is 12.2. The van der Waals surface area contributed by atoms with Crippen LogP contribution < -0.4 is 4.46 Å². The second kappa shape index (κ2) is 5.07. The molecule has 1 heteroatoms. The van der Waals surface area contributed by atoms with Crippen LogP contribution in [0.2, 0.25) is 4.82 Å². The van der Waals surface area contributed by atoms with Crippen LogP contribution in [-0.4, -0.2) is 15.0 Å². The van der Waals surface area contributed by atoms with Gasteiger partial charge in [-0.3, -0.25) is 0 Å². The van der Waals surface area contributed by atoms with Crippen molar-refractivity contribution < 1.29 is 0 Å². The van der Waals surface area contributed by atoms with Crippen LogP contribution in [0.3, 0.4) is 0 Å². The van der Waals surface area contributed by atoms with Crippen molar-refractivity contribution in [2.75, 3.05) is 0 Å². The van der Waals surface area contributed by atoms with Crippen LogP contribution in [0, 0.1) is 25.7 Å². The molecular weight excluding hydrogens is 283 g/mol. The number of fused-ring (bicyclic) bond motifs is 2. The predicted molar refractivity (Wildman–Crippen MR) is 79.5 cm³/mol. The molecule has 2 atom stereocenters. The van der Waals surface area contributed by atoms with Crippen molar-refractivity contribution >= 4 is 19.4 Å². The third kappa shape index (κ3) is 2.35. The molecule has 0 amide bonds. The maximum absolute atomic E-state index is 2.44. The molecule has 94 valence electrons. The Morgan fingerprint density at radius 2 is 1.67 bits per heavy atom. The first-order valence-corrected chi connectivity index (χ1v) is 8.67. The van der Waals surface area contributed by atoms with Crippen molar-refractivity contribution in [3.8, 4) is 0 Å². The van der Waals surface area contributed by atoms with E-state index in [9.17, 15) is 0 Å². The van der Waals surface area contributed by atoms with Gasteiger partial charge in [0.2, 0.25) is 0 Å². The summed E-state index contributed by atoms with van der Waals surface area (Å²) >= 11 is 0.614. The molecule has 1 fully saturated rings. The van der Waals surface area contributed by atoms with Crippen molar-refractivity contribution in [1.29, 1.82) is 0 Å². The summed E-state index contributed by atoms with van der Waals surface area (Å²) in [5.74, 6) is 1.65. The molecule has 3 rings (SSSR count). The van der Waals surface area contributed by atoms with E-state index >= 15 is 0 Å². The number of aryl methyl sites for hydroxylation is 2. The molecule has 0 spiro atoms. The van der Waals surface area contributed by atoms with E-state index in [1.165, 1.54) is 24.0 Å². The topological polar surface area (TPSA) is 0 Å². The van der Waals surface area contributed by atoms with Crippen molar-refractivity contribution in [2.45, 2.75) is 31.5 Å². The van der Waals surface area contributed by atoms with E-state index in [0.717, 1.165) is 16.7 Å². The Kier molecular flexibility index (Phi) is 3.45. The fraction of sp³-hybridized carbons (Fsp3) is 0.412. The van der Waals surface area contributed by atoms with E-state index < -0.39 is 0 Å². The van der Waals surface area contributed by atoms with Gasteiger partial charge in [-0.25, -0.2) is 0 Å². The van der Waals surface area contributed by atoms with Crippen molar-refractivity contribution in [3.63, 3.8) is 0 Å². The number of rotatable bonds is 2. The first-order chi connectivity index (χ1) is 8.74. The normalized spacial score (nSPS) is 29.6. The number of hydrogen-bond acceptors (Lipinski definition) is 0. The number of hydrogen-bond donors (Lipinski definition) is 0. The van der Waals surface area contributed by atoms with Crippen molar-refractivity contribution in [3.05, 3.63) is 53.6 Å². The summed E-state index contributed by atoms with van der Waals surface area (Å²) < 4.78 is 1.61.